The average molecular weight is 453 g/mol. The van der Waals surface area contributed by atoms with Crippen LogP contribution in [0.15, 0.2) is 18.2 Å². The average Bonchev–Trinajstić information content (AvgIpc) is 2.78. The van der Waals surface area contributed by atoms with Gasteiger partial charge in [0.05, 0.1) is 47.7 Å². The summed E-state index contributed by atoms with van der Waals surface area (Å²) in [4.78, 5) is 0. The predicted molar refractivity (Wildman–Crippen MR) is 123 cm³/mol. The van der Waals surface area contributed by atoms with Crippen LogP contribution in [0.3, 0.4) is 0 Å². The molecule has 0 aliphatic heterocycles. The van der Waals surface area contributed by atoms with Crippen molar-refractivity contribution in [1.29, 1.82) is 0 Å². The Morgan fingerprint density at radius 2 is 1.06 bits per heavy atom. The molecule has 0 N–H and O–H groups in total. The summed E-state index contributed by atoms with van der Waals surface area (Å²) in [5.74, 6) is 4.19. The van der Waals surface area contributed by atoms with Gasteiger partial charge < -0.3 is 28.4 Å². The Morgan fingerprint density at radius 1 is 0.613 bits per heavy atom. The third-order valence-corrected chi connectivity index (χ3v) is 6.05. The van der Waals surface area contributed by atoms with Crippen molar-refractivity contribution in [3.8, 4) is 34.5 Å². The zero-order valence-electron chi connectivity index (χ0n) is 19.6. The summed E-state index contributed by atoms with van der Waals surface area (Å²) < 4.78 is 32.8. The van der Waals surface area contributed by atoms with Crippen LogP contribution < -0.4 is 28.4 Å². The minimum Gasteiger partial charge on any atom is -0.493 e. The molecule has 0 heterocycles. The molecule has 0 aromatic heterocycles. The van der Waals surface area contributed by atoms with Crippen LogP contribution in [-0.4, -0.2) is 42.7 Å². The van der Waals surface area contributed by atoms with Gasteiger partial charge >= 0.3 is 0 Å². The summed E-state index contributed by atoms with van der Waals surface area (Å²) in [6.07, 6.45) is 1.61. The van der Waals surface area contributed by atoms with Gasteiger partial charge in [-0.3, -0.25) is 0 Å². The normalized spacial score (nSPS) is 12.7. The van der Waals surface area contributed by atoms with Gasteiger partial charge in [0.15, 0.2) is 23.0 Å². The summed E-state index contributed by atoms with van der Waals surface area (Å²) in [7, 11) is 9.60. The zero-order valence-corrected chi connectivity index (χ0v) is 20.4. The topological polar surface area (TPSA) is 55.4 Å². The van der Waals surface area contributed by atoms with Gasteiger partial charge in [0.1, 0.15) is 0 Å². The van der Waals surface area contributed by atoms with E-state index in [0.29, 0.717) is 51.4 Å². The van der Waals surface area contributed by atoms with Crippen molar-refractivity contribution in [2.45, 2.75) is 26.7 Å². The highest BCUT2D eigenvalue weighted by Gasteiger charge is 2.23. The Kier molecular flexibility index (Phi) is 8.99. The molecule has 2 aromatic carbocycles. The van der Waals surface area contributed by atoms with E-state index in [1.165, 1.54) is 0 Å². The highest BCUT2D eigenvalue weighted by atomic mass is 35.5. The summed E-state index contributed by atoms with van der Waals surface area (Å²) in [5.41, 5.74) is 2.07. The lowest BCUT2D eigenvalue weighted by Crippen LogP contribution is -2.14. The van der Waals surface area contributed by atoms with Crippen molar-refractivity contribution in [1.82, 2.24) is 0 Å². The Labute approximate surface area is 190 Å². The lowest BCUT2D eigenvalue weighted by atomic mass is 9.85. The first kappa shape index (κ1) is 24.8. The Balaban J connectivity index is 2.26. The van der Waals surface area contributed by atoms with Gasteiger partial charge in [-0.25, -0.2) is 0 Å². The second-order valence-corrected chi connectivity index (χ2v) is 7.89. The number of hydrogen-bond acceptors (Lipinski definition) is 6. The number of rotatable bonds is 11. The van der Waals surface area contributed by atoms with Crippen molar-refractivity contribution in [2.75, 3.05) is 42.7 Å². The van der Waals surface area contributed by atoms with Crippen LogP contribution in [0.5, 0.6) is 34.5 Å². The first-order valence-electron chi connectivity index (χ1n) is 10.1. The minimum atomic E-state index is 0.333. The number of hydrogen-bond donors (Lipinski definition) is 0. The molecule has 0 unspecified atom stereocenters. The minimum absolute atomic E-state index is 0.333. The third-order valence-electron chi connectivity index (χ3n) is 5.64. The highest BCUT2D eigenvalue weighted by Crippen LogP contribution is 2.45. The van der Waals surface area contributed by atoms with Crippen molar-refractivity contribution in [3.63, 3.8) is 0 Å². The van der Waals surface area contributed by atoms with E-state index in [-0.39, 0.29) is 0 Å². The van der Waals surface area contributed by atoms with E-state index in [2.05, 4.69) is 13.8 Å². The van der Waals surface area contributed by atoms with Gasteiger partial charge in [-0.15, -0.1) is 0 Å². The molecular weight excluding hydrogens is 420 g/mol. The molecule has 0 aliphatic carbocycles. The summed E-state index contributed by atoms with van der Waals surface area (Å²) in [6.45, 7) is 4.43. The fourth-order valence-electron chi connectivity index (χ4n) is 3.69. The Bertz CT molecular complexity index is 858. The lowest BCUT2D eigenvalue weighted by molar-refractivity contribution is 0.321. The lowest BCUT2D eigenvalue weighted by Gasteiger charge is -2.23. The molecule has 172 valence electrons. The second kappa shape index (κ2) is 11.2. The second-order valence-electron chi connectivity index (χ2n) is 7.51. The van der Waals surface area contributed by atoms with Gasteiger partial charge in [-0.1, -0.05) is 25.4 Å². The fourth-order valence-corrected chi connectivity index (χ4v) is 3.99. The number of methoxy groups -OCH3 is 6. The molecule has 31 heavy (non-hydrogen) atoms. The maximum Gasteiger partial charge on any atom is 0.204 e. The third kappa shape index (κ3) is 5.42. The van der Waals surface area contributed by atoms with Crippen LogP contribution in [0.25, 0.3) is 0 Å². The largest absolute Gasteiger partial charge is 0.493 e. The van der Waals surface area contributed by atoms with Gasteiger partial charge in [0, 0.05) is 0 Å². The molecule has 0 bridgehead atoms. The summed E-state index contributed by atoms with van der Waals surface area (Å²) in [6, 6.07) is 5.92. The van der Waals surface area contributed by atoms with Crippen LogP contribution in [0.2, 0.25) is 5.02 Å². The van der Waals surface area contributed by atoms with E-state index in [4.69, 9.17) is 40.0 Å². The van der Waals surface area contributed by atoms with E-state index in [1.54, 1.807) is 42.7 Å². The molecule has 2 aromatic rings. The van der Waals surface area contributed by atoms with Crippen LogP contribution >= 0.6 is 11.6 Å². The van der Waals surface area contributed by atoms with E-state index >= 15 is 0 Å². The van der Waals surface area contributed by atoms with Crippen LogP contribution in [0.4, 0.5) is 0 Å². The van der Waals surface area contributed by atoms with E-state index < -0.39 is 0 Å². The standard InChI is InChI=1S/C24H33ClO6/c1-14(9-16-11-18(26-3)22(29-6)19(12-16)27-4)15(2)10-17-13-20(28-5)23(30-7)24(31-8)21(17)25/h11-15H,9-10H2,1-8H3/t14-,15+/m0/s1. The molecular formula is C24H33ClO6. The SMILES string of the molecule is COc1cc(C[C@H](C)[C@H](C)Cc2cc(OC)c(OC)c(OC)c2Cl)cc(OC)c1OC. The monoisotopic (exact) mass is 452 g/mol. The van der Waals surface area contributed by atoms with Crippen LogP contribution in [0, 0.1) is 11.8 Å². The summed E-state index contributed by atoms with van der Waals surface area (Å²) >= 11 is 6.64. The van der Waals surface area contributed by atoms with Gasteiger partial charge in [0.2, 0.25) is 11.5 Å². The summed E-state index contributed by atoms with van der Waals surface area (Å²) in [5, 5.41) is 0.548. The molecule has 0 aliphatic rings. The molecule has 0 amide bonds. The van der Waals surface area contributed by atoms with Gasteiger partial charge in [-0.05, 0) is 54.0 Å². The van der Waals surface area contributed by atoms with E-state index in [1.807, 2.05) is 18.2 Å². The maximum atomic E-state index is 6.64. The zero-order chi connectivity index (χ0) is 23.1. The van der Waals surface area contributed by atoms with Crippen LogP contribution in [-0.2, 0) is 12.8 Å². The molecule has 2 atom stereocenters. The number of ether oxygens (including phenoxy) is 6. The molecule has 0 fully saturated rings. The quantitative estimate of drug-likeness (QED) is 0.452. The molecule has 7 heteroatoms. The highest BCUT2D eigenvalue weighted by molar-refractivity contribution is 6.33. The van der Waals surface area contributed by atoms with Crippen molar-refractivity contribution in [2.24, 2.45) is 11.8 Å². The Morgan fingerprint density at radius 3 is 1.52 bits per heavy atom. The van der Waals surface area contributed by atoms with E-state index in [0.717, 1.165) is 24.0 Å². The fraction of sp³-hybridized carbons (Fsp3) is 0.500. The van der Waals surface area contributed by atoms with Crippen LogP contribution in [0.1, 0.15) is 25.0 Å². The molecule has 2 rings (SSSR count). The first-order chi connectivity index (χ1) is 14.8. The van der Waals surface area contributed by atoms with Gasteiger partial charge in [0.25, 0.3) is 0 Å². The predicted octanol–water partition coefficient (Wildman–Crippen LogP) is 5.45. The number of halogens is 1. The first-order valence-corrected chi connectivity index (χ1v) is 10.5. The molecule has 0 saturated heterocycles. The molecule has 6 nitrogen and oxygen atoms in total. The van der Waals surface area contributed by atoms with E-state index in [9.17, 15) is 0 Å². The maximum absolute atomic E-state index is 6.64. The number of benzene rings is 2. The van der Waals surface area contributed by atoms with Gasteiger partial charge in [-0.2, -0.15) is 0 Å². The Hall–Kier alpha value is -2.47. The molecule has 0 spiro atoms. The molecule has 0 saturated carbocycles. The molecule has 0 radical (unpaired) electrons. The van der Waals surface area contributed by atoms with Crippen molar-refractivity contribution >= 4 is 11.6 Å². The smallest absolute Gasteiger partial charge is 0.204 e. The van der Waals surface area contributed by atoms with Crippen molar-refractivity contribution in [3.05, 3.63) is 34.3 Å². The van der Waals surface area contributed by atoms with Crippen molar-refractivity contribution < 1.29 is 28.4 Å².